The van der Waals surface area contributed by atoms with E-state index in [9.17, 15) is 9.50 Å². The largest absolute Gasteiger partial charge is 0.456 e. The van der Waals surface area contributed by atoms with Crippen molar-refractivity contribution in [2.75, 3.05) is 0 Å². The van der Waals surface area contributed by atoms with Crippen LogP contribution in [0.1, 0.15) is 18.6 Å². The second-order valence-electron chi connectivity index (χ2n) is 4.04. The summed E-state index contributed by atoms with van der Waals surface area (Å²) < 4.78 is 20.2. The van der Waals surface area contributed by atoms with Gasteiger partial charge >= 0.3 is 0 Å². The molecule has 2 aromatic rings. The van der Waals surface area contributed by atoms with E-state index in [0.29, 0.717) is 16.0 Å². The average molecular weight is 390 g/mol. The number of rotatable bonds is 3. The van der Waals surface area contributed by atoms with E-state index >= 15 is 0 Å². The molecule has 0 heterocycles. The summed E-state index contributed by atoms with van der Waals surface area (Å²) in [5, 5.41) is 9.54. The van der Waals surface area contributed by atoms with E-state index in [1.54, 1.807) is 31.2 Å². The van der Waals surface area contributed by atoms with E-state index in [1.165, 1.54) is 12.1 Å². The maximum absolute atomic E-state index is 13.2. The number of aliphatic hydroxyl groups is 1. The summed E-state index contributed by atoms with van der Waals surface area (Å²) in [5.41, 5.74) is 0.769. The molecule has 2 rings (SSSR count). The van der Waals surface area contributed by atoms with Crippen molar-refractivity contribution in [2.24, 2.45) is 0 Å². The number of aliphatic hydroxyl groups excluding tert-OH is 1. The van der Waals surface area contributed by atoms with E-state index in [1.807, 2.05) is 0 Å². The molecule has 0 aliphatic heterocycles. The third kappa shape index (κ3) is 3.55. The standard InChI is InChI=1S/C14H11Br2FO2/c1-8(18)11-4-3-10(7-13(11)16)19-14-6-9(17)2-5-12(14)15/h2-8,18H,1H3. The number of ether oxygens (including phenoxy) is 1. The first-order valence-electron chi connectivity index (χ1n) is 5.58. The van der Waals surface area contributed by atoms with Crippen molar-refractivity contribution in [1.29, 1.82) is 0 Å². The monoisotopic (exact) mass is 388 g/mol. The number of hydrogen-bond donors (Lipinski definition) is 1. The first-order valence-corrected chi connectivity index (χ1v) is 7.16. The van der Waals surface area contributed by atoms with Gasteiger partial charge in [0.05, 0.1) is 10.6 Å². The van der Waals surface area contributed by atoms with Crippen LogP contribution in [0.15, 0.2) is 45.3 Å². The van der Waals surface area contributed by atoms with Gasteiger partial charge < -0.3 is 9.84 Å². The van der Waals surface area contributed by atoms with Crippen LogP contribution in [0.3, 0.4) is 0 Å². The Balaban J connectivity index is 2.29. The lowest BCUT2D eigenvalue weighted by atomic mass is 10.1. The first-order chi connectivity index (χ1) is 8.97. The van der Waals surface area contributed by atoms with Gasteiger partial charge in [-0.2, -0.15) is 0 Å². The second kappa shape index (κ2) is 6.03. The summed E-state index contributed by atoms with van der Waals surface area (Å²) in [5.74, 6) is 0.595. The minimum Gasteiger partial charge on any atom is -0.456 e. The van der Waals surface area contributed by atoms with Gasteiger partial charge in [0.25, 0.3) is 0 Å². The zero-order valence-electron chi connectivity index (χ0n) is 10.0. The van der Waals surface area contributed by atoms with Crippen molar-refractivity contribution in [1.82, 2.24) is 0 Å². The predicted molar refractivity (Wildman–Crippen MR) is 78.9 cm³/mol. The molecule has 19 heavy (non-hydrogen) atoms. The van der Waals surface area contributed by atoms with Gasteiger partial charge in [0.1, 0.15) is 17.3 Å². The highest BCUT2D eigenvalue weighted by Gasteiger charge is 2.09. The van der Waals surface area contributed by atoms with Crippen molar-refractivity contribution < 1.29 is 14.2 Å². The highest BCUT2D eigenvalue weighted by atomic mass is 79.9. The maximum Gasteiger partial charge on any atom is 0.144 e. The van der Waals surface area contributed by atoms with Crippen LogP contribution >= 0.6 is 31.9 Å². The van der Waals surface area contributed by atoms with Crippen molar-refractivity contribution in [3.63, 3.8) is 0 Å². The van der Waals surface area contributed by atoms with Gasteiger partial charge in [-0.25, -0.2) is 4.39 Å². The highest BCUT2D eigenvalue weighted by Crippen LogP contribution is 2.33. The Morgan fingerprint density at radius 1 is 1.11 bits per heavy atom. The molecule has 100 valence electrons. The molecule has 0 saturated carbocycles. The van der Waals surface area contributed by atoms with Crippen LogP contribution in [-0.2, 0) is 0 Å². The van der Waals surface area contributed by atoms with E-state index < -0.39 is 6.10 Å². The van der Waals surface area contributed by atoms with E-state index in [-0.39, 0.29) is 5.82 Å². The number of benzene rings is 2. The van der Waals surface area contributed by atoms with Crippen LogP contribution < -0.4 is 4.74 Å². The molecule has 1 unspecified atom stereocenters. The van der Waals surface area contributed by atoms with Crippen molar-refractivity contribution in [2.45, 2.75) is 13.0 Å². The fourth-order valence-electron chi connectivity index (χ4n) is 1.59. The van der Waals surface area contributed by atoms with Crippen molar-refractivity contribution in [3.05, 3.63) is 56.7 Å². The lowest BCUT2D eigenvalue weighted by Gasteiger charge is -2.11. The zero-order chi connectivity index (χ0) is 14.0. The average Bonchev–Trinajstić information content (AvgIpc) is 2.33. The normalized spacial score (nSPS) is 12.3. The van der Waals surface area contributed by atoms with Gasteiger partial charge in [0.15, 0.2) is 0 Å². The fraction of sp³-hybridized carbons (Fsp3) is 0.143. The van der Waals surface area contributed by atoms with Gasteiger partial charge in [-0.1, -0.05) is 22.0 Å². The lowest BCUT2D eigenvalue weighted by molar-refractivity contribution is 0.198. The number of halogens is 3. The third-order valence-corrected chi connectivity index (χ3v) is 3.88. The Morgan fingerprint density at radius 3 is 2.47 bits per heavy atom. The fourth-order valence-corrected chi connectivity index (χ4v) is 2.61. The van der Waals surface area contributed by atoms with Crippen LogP contribution in [0.25, 0.3) is 0 Å². The molecule has 0 aliphatic rings. The van der Waals surface area contributed by atoms with Crippen LogP contribution in [-0.4, -0.2) is 5.11 Å². The summed E-state index contributed by atoms with van der Waals surface area (Å²) in [7, 11) is 0. The third-order valence-electron chi connectivity index (χ3n) is 2.54. The summed E-state index contributed by atoms with van der Waals surface area (Å²) in [4.78, 5) is 0. The van der Waals surface area contributed by atoms with Crippen LogP contribution in [0.4, 0.5) is 4.39 Å². The second-order valence-corrected chi connectivity index (χ2v) is 5.74. The Bertz CT molecular complexity index is 600. The number of hydrogen-bond acceptors (Lipinski definition) is 2. The Labute approximate surface area is 127 Å². The molecule has 0 saturated heterocycles. The first kappa shape index (κ1) is 14.5. The van der Waals surface area contributed by atoms with Gasteiger partial charge in [0.2, 0.25) is 0 Å². The molecular weight excluding hydrogens is 379 g/mol. The molecule has 2 aromatic carbocycles. The molecule has 2 nitrogen and oxygen atoms in total. The maximum atomic E-state index is 13.2. The summed E-state index contributed by atoms with van der Waals surface area (Å²) in [6, 6.07) is 9.47. The van der Waals surface area contributed by atoms with E-state index in [2.05, 4.69) is 31.9 Å². The molecule has 5 heteroatoms. The predicted octanol–water partition coefficient (Wildman–Crippen LogP) is 5.20. The molecule has 1 N–H and O–H groups in total. The van der Waals surface area contributed by atoms with Gasteiger partial charge in [-0.3, -0.25) is 0 Å². The van der Waals surface area contributed by atoms with E-state index in [4.69, 9.17) is 4.74 Å². The van der Waals surface area contributed by atoms with Crippen molar-refractivity contribution >= 4 is 31.9 Å². The van der Waals surface area contributed by atoms with Crippen molar-refractivity contribution in [3.8, 4) is 11.5 Å². The van der Waals surface area contributed by atoms with Gasteiger partial charge in [0, 0.05) is 10.5 Å². The van der Waals surface area contributed by atoms with E-state index in [0.717, 1.165) is 10.0 Å². The molecule has 1 atom stereocenters. The van der Waals surface area contributed by atoms with Crippen LogP contribution in [0.5, 0.6) is 11.5 Å². The molecule has 0 fully saturated rings. The SMILES string of the molecule is CC(O)c1ccc(Oc2cc(F)ccc2Br)cc1Br. The summed E-state index contributed by atoms with van der Waals surface area (Å²) >= 11 is 6.67. The highest BCUT2D eigenvalue weighted by molar-refractivity contribution is 9.10. The molecular formula is C14H11Br2FO2. The van der Waals surface area contributed by atoms with Crippen LogP contribution in [0.2, 0.25) is 0 Å². The Morgan fingerprint density at radius 2 is 1.84 bits per heavy atom. The molecule has 0 aliphatic carbocycles. The molecule has 0 aromatic heterocycles. The van der Waals surface area contributed by atoms with Crippen LogP contribution in [0, 0.1) is 5.82 Å². The molecule has 0 bridgehead atoms. The molecule has 0 spiro atoms. The summed E-state index contributed by atoms with van der Waals surface area (Å²) in [6.07, 6.45) is -0.565. The van der Waals surface area contributed by atoms with Gasteiger partial charge in [-0.15, -0.1) is 0 Å². The topological polar surface area (TPSA) is 29.5 Å². The van der Waals surface area contributed by atoms with Gasteiger partial charge in [-0.05, 0) is 52.7 Å². The molecule has 0 radical (unpaired) electrons. The quantitative estimate of drug-likeness (QED) is 0.781. The summed E-state index contributed by atoms with van der Waals surface area (Å²) in [6.45, 7) is 1.68. The minimum atomic E-state index is -0.565. The minimum absolute atomic E-state index is 0.363. The Hall–Kier alpha value is -0.910. The lowest BCUT2D eigenvalue weighted by Crippen LogP contribution is -1.93. The Kier molecular flexibility index (Phi) is 4.60. The zero-order valence-corrected chi connectivity index (χ0v) is 13.2. The molecule has 0 amide bonds. The smallest absolute Gasteiger partial charge is 0.144 e.